The summed E-state index contributed by atoms with van der Waals surface area (Å²) in [6.07, 6.45) is 1.64. The van der Waals surface area contributed by atoms with Crippen LogP contribution in [0.25, 0.3) is 5.69 Å². The molecule has 3 N–H and O–H groups in total. The number of nitrogens with zero attached hydrogens (tertiary/aromatic N) is 2. The van der Waals surface area contributed by atoms with Gasteiger partial charge in [-0.05, 0) is 36.2 Å². The molecular formula is C21H21N3O5. The van der Waals surface area contributed by atoms with Gasteiger partial charge < -0.3 is 14.9 Å². The Bertz CT molecular complexity index is 1100. The predicted molar refractivity (Wildman–Crippen MR) is 109 cm³/mol. The standard InChI is InChI=1S/C21H21N3O5/c1-29-17-9-7-16(8-10-17)24-20(27)18(19(26)23-21(24)28)12-22-15(13-25)11-14-5-3-2-4-6-14/h2-10,12,15,25,27H,11,13H2,1H3,(H,23,26,28)/t15-/m0/s1. The molecule has 0 fully saturated rings. The molecule has 150 valence electrons. The summed E-state index contributed by atoms with van der Waals surface area (Å²) in [5, 5.41) is 20.2. The van der Waals surface area contributed by atoms with Gasteiger partial charge in [-0.1, -0.05) is 30.3 Å². The average Bonchev–Trinajstić information content (AvgIpc) is 2.73. The predicted octanol–water partition coefficient (Wildman–Crippen LogP) is 1.26. The van der Waals surface area contributed by atoms with Crippen molar-refractivity contribution in [2.45, 2.75) is 12.5 Å². The van der Waals surface area contributed by atoms with Gasteiger partial charge in [0.25, 0.3) is 5.56 Å². The lowest BCUT2D eigenvalue weighted by atomic mass is 10.1. The molecule has 1 atom stereocenters. The number of methoxy groups -OCH3 is 1. The third-order valence-electron chi connectivity index (χ3n) is 4.39. The second kappa shape index (κ2) is 9.03. The molecule has 1 aromatic heterocycles. The van der Waals surface area contributed by atoms with Gasteiger partial charge in [-0.2, -0.15) is 0 Å². The highest BCUT2D eigenvalue weighted by Crippen LogP contribution is 2.18. The Balaban J connectivity index is 1.95. The SMILES string of the molecule is COc1ccc(-n2c(O)c(C=N[C@H](CO)Cc3ccccc3)c(=O)[nH]c2=O)cc1. The Kier molecular flexibility index (Phi) is 6.25. The summed E-state index contributed by atoms with van der Waals surface area (Å²) in [7, 11) is 1.51. The molecule has 0 bridgehead atoms. The number of rotatable bonds is 7. The normalized spacial score (nSPS) is 12.2. The average molecular weight is 395 g/mol. The molecule has 29 heavy (non-hydrogen) atoms. The summed E-state index contributed by atoms with van der Waals surface area (Å²) in [5.41, 5.74) is -0.394. The van der Waals surface area contributed by atoms with Gasteiger partial charge in [-0.25, -0.2) is 9.36 Å². The Morgan fingerprint density at radius 2 is 1.83 bits per heavy atom. The number of aliphatic imine (C=N–C) groups is 1. The lowest BCUT2D eigenvalue weighted by molar-refractivity contribution is 0.266. The summed E-state index contributed by atoms with van der Waals surface area (Å²) in [6, 6.07) is 15.4. The highest BCUT2D eigenvalue weighted by atomic mass is 16.5. The lowest BCUT2D eigenvalue weighted by Crippen LogP contribution is -2.31. The van der Waals surface area contributed by atoms with Gasteiger partial charge in [-0.15, -0.1) is 0 Å². The van der Waals surface area contributed by atoms with Crippen molar-refractivity contribution in [3.05, 3.63) is 86.6 Å². The number of benzene rings is 2. The minimum absolute atomic E-state index is 0.174. The summed E-state index contributed by atoms with van der Waals surface area (Å²) >= 11 is 0. The van der Waals surface area contributed by atoms with E-state index in [1.807, 2.05) is 30.3 Å². The van der Waals surface area contributed by atoms with Crippen LogP contribution >= 0.6 is 0 Å². The zero-order valence-corrected chi connectivity index (χ0v) is 15.8. The van der Waals surface area contributed by atoms with Crippen molar-refractivity contribution >= 4 is 6.21 Å². The summed E-state index contributed by atoms with van der Waals surface area (Å²) in [4.78, 5) is 30.8. The summed E-state index contributed by atoms with van der Waals surface area (Å²) < 4.78 is 6.05. The van der Waals surface area contributed by atoms with Crippen LogP contribution in [-0.4, -0.2) is 45.7 Å². The van der Waals surface area contributed by atoms with E-state index in [-0.39, 0.29) is 12.2 Å². The largest absolute Gasteiger partial charge is 0.497 e. The molecule has 0 saturated carbocycles. The molecule has 0 amide bonds. The van der Waals surface area contributed by atoms with E-state index in [4.69, 9.17) is 4.74 Å². The van der Waals surface area contributed by atoms with Crippen molar-refractivity contribution in [1.82, 2.24) is 9.55 Å². The zero-order valence-electron chi connectivity index (χ0n) is 15.8. The second-order valence-electron chi connectivity index (χ2n) is 6.33. The van der Waals surface area contributed by atoms with Crippen LogP contribution in [-0.2, 0) is 6.42 Å². The zero-order chi connectivity index (χ0) is 20.8. The van der Waals surface area contributed by atoms with Crippen molar-refractivity contribution in [2.24, 2.45) is 4.99 Å². The van der Waals surface area contributed by atoms with Crippen LogP contribution < -0.4 is 16.0 Å². The van der Waals surface area contributed by atoms with Crippen LogP contribution in [0.1, 0.15) is 11.1 Å². The van der Waals surface area contributed by atoms with Gasteiger partial charge in [0.1, 0.15) is 11.3 Å². The molecule has 0 radical (unpaired) electrons. The number of aliphatic hydroxyl groups is 1. The quantitative estimate of drug-likeness (QED) is 0.521. The smallest absolute Gasteiger partial charge is 0.335 e. The van der Waals surface area contributed by atoms with E-state index < -0.39 is 23.2 Å². The molecule has 0 saturated heterocycles. The van der Waals surface area contributed by atoms with Crippen molar-refractivity contribution in [3.63, 3.8) is 0 Å². The fourth-order valence-electron chi connectivity index (χ4n) is 2.86. The highest BCUT2D eigenvalue weighted by molar-refractivity contribution is 5.82. The molecule has 1 heterocycles. The first-order valence-corrected chi connectivity index (χ1v) is 8.94. The van der Waals surface area contributed by atoms with E-state index in [0.717, 1.165) is 10.1 Å². The third kappa shape index (κ3) is 4.61. The second-order valence-corrected chi connectivity index (χ2v) is 6.33. The Morgan fingerprint density at radius 1 is 1.14 bits per heavy atom. The molecule has 0 aliphatic rings. The van der Waals surface area contributed by atoms with Gasteiger partial charge in [0.2, 0.25) is 5.88 Å². The topological polar surface area (TPSA) is 117 Å². The third-order valence-corrected chi connectivity index (χ3v) is 4.39. The van der Waals surface area contributed by atoms with Crippen LogP contribution in [0, 0.1) is 0 Å². The number of hydrogen-bond donors (Lipinski definition) is 3. The van der Waals surface area contributed by atoms with Gasteiger partial charge in [0, 0.05) is 6.21 Å². The Morgan fingerprint density at radius 3 is 2.45 bits per heavy atom. The molecule has 3 aromatic rings. The number of aliphatic hydroxyl groups excluding tert-OH is 1. The molecule has 8 nitrogen and oxygen atoms in total. The maximum Gasteiger partial charge on any atom is 0.335 e. The highest BCUT2D eigenvalue weighted by Gasteiger charge is 2.15. The van der Waals surface area contributed by atoms with Crippen LogP contribution in [0.5, 0.6) is 11.6 Å². The minimum Gasteiger partial charge on any atom is -0.497 e. The maximum atomic E-state index is 12.2. The van der Waals surface area contributed by atoms with Gasteiger partial charge >= 0.3 is 5.69 Å². The Hall–Kier alpha value is -3.65. The maximum absolute atomic E-state index is 12.2. The van der Waals surface area contributed by atoms with Crippen molar-refractivity contribution < 1.29 is 14.9 Å². The van der Waals surface area contributed by atoms with Crippen molar-refractivity contribution in [2.75, 3.05) is 13.7 Å². The molecule has 8 heteroatoms. The number of aromatic hydroxyl groups is 1. The summed E-state index contributed by atoms with van der Waals surface area (Å²) in [6.45, 7) is -0.234. The van der Waals surface area contributed by atoms with Gasteiger partial charge in [0.05, 0.1) is 25.4 Å². The molecule has 2 aromatic carbocycles. The van der Waals surface area contributed by atoms with Crippen LogP contribution in [0.4, 0.5) is 0 Å². The first-order chi connectivity index (χ1) is 14.0. The number of nitrogens with one attached hydrogen (secondary N) is 1. The number of aromatic nitrogens is 2. The van der Waals surface area contributed by atoms with Gasteiger partial charge in [0.15, 0.2) is 0 Å². The molecule has 0 spiro atoms. The van der Waals surface area contributed by atoms with Crippen molar-refractivity contribution in [1.29, 1.82) is 0 Å². The van der Waals surface area contributed by atoms with Crippen LogP contribution in [0.15, 0.2) is 69.2 Å². The first-order valence-electron chi connectivity index (χ1n) is 8.94. The number of H-pyrrole nitrogens is 1. The molecule has 0 aliphatic heterocycles. The fourth-order valence-corrected chi connectivity index (χ4v) is 2.86. The van der Waals surface area contributed by atoms with Crippen molar-refractivity contribution in [3.8, 4) is 17.3 Å². The van der Waals surface area contributed by atoms with Crippen LogP contribution in [0.3, 0.4) is 0 Å². The number of ether oxygens (including phenoxy) is 1. The minimum atomic E-state index is -0.780. The lowest BCUT2D eigenvalue weighted by Gasteiger charge is -2.11. The first kappa shape index (κ1) is 20.1. The molecule has 3 rings (SSSR count). The number of aromatic amines is 1. The molecule has 0 aliphatic carbocycles. The van der Waals surface area contributed by atoms with E-state index in [1.165, 1.54) is 13.3 Å². The molecule has 0 unspecified atom stereocenters. The van der Waals surface area contributed by atoms with E-state index in [0.29, 0.717) is 17.9 Å². The summed E-state index contributed by atoms with van der Waals surface area (Å²) in [5.74, 6) is 0.0447. The van der Waals surface area contributed by atoms with E-state index >= 15 is 0 Å². The Labute approximate surface area is 166 Å². The fraction of sp³-hybridized carbons (Fsp3) is 0.190. The number of hydrogen-bond acceptors (Lipinski definition) is 6. The monoisotopic (exact) mass is 395 g/mol. The molecular weight excluding hydrogens is 374 g/mol. The van der Waals surface area contributed by atoms with Gasteiger partial charge in [-0.3, -0.25) is 14.8 Å². The van der Waals surface area contributed by atoms with Crippen LogP contribution in [0.2, 0.25) is 0 Å². The van der Waals surface area contributed by atoms with E-state index in [1.54, 1.807) is 24.3 Å². The van der Waals surface area contributed by atoms with E-state index in [9.17, 15) is 19.8 Å². The van der Waals surface area contributed by atoms with E-state index in [2.05, 4.69) is 9.98 Å².